The highest BCUT2D eigenvalue weighted by Gasteiger charge is 2.24. The standard InChI is InChI=1S/C28H28FN7O3S.C13H16N4O2/c1-17(2)39-26-25(20-14-31-32-15-20)30-16-36-27(26)34-28(35-36)33-24-10-9-22(13-23(24)29)40(37,38)21-8-4-7-19(12-21)11-18-5-3-6-18;1-14-12(19)7-8-17(9-18)13-10-5-3-4-6-11(10)16(2)15-13/h4,7-10,12-18H,3,5-6,11H2,1-2H3,(H,31,32)(H,33,35);3-6,9H,7-8H2,1-2H3,(H,14,19). The molecule has 0 radical (unpaired) electrons. The molecule has 2 amide bonds. The number of halogens is 1. The Labute approximate surface area is 339 Å². The summed E-state index contributed by atoms with van der Waals surface area (Å²) < 4.78 is 51.0. The van der Waals surface area contributed by atoms with Gasteiger partial charge in [0.2, 0.25) is 33.8 Å². The van der Waals surface area contributed by atoms with Crippen LogP contribution in [0.5, 0.6) is 5.75 Å². The van der Waals surface area contributed by atoms with Gasteiger partial charge in [-0.2, -0.15) is 19.7 Å². The van der Waals surface area contributed by atoms with E-state index in [1.54, 1.807) is 42.3 Å². The van der Waals surface area contributed by atoms with Crippen LogP contribution in [0.25, 0.3) is 27.8 Å². The van der Waals surface area contributed by atoms with Gasteiger partial charge in [0.1, 0.15) is 17.8 Å². The molecule has 8 rings (SSSR count). The van der Waals surface area contributed by atoms with Crippen LogP contribution in [0.15, 0.2) is 95.2 Å². The van der Waals surface area contributed by atoms with Crippen LogP contribution < -0.4 is 20.3 Å². The van der Waals surface area contributed by atoms with Gasteiger partial charge in [-0.05, 0) is 74.2 Å². The lowest BCUT2D eigenvalue weighted by atomic mass is 9.81. The summed E-state index contributed by atoms with van der Waals surface area (Å²) >= 11 is 0. The number of anilines is 3. The van der Waals surface area contributed by atoms with Gasteiger partial charge in [0.25, 0.3) is 0 Å². The van der Waals surface area contributed by atoms with Gasteiger partial charge >= 0.3 is 0 Å². The Kier molecular flexibility index (Phi) is 12.0. The van der Waals surface area contributed by atoms with E-state index in [4.69, 9.17) is 4.74 Å². The zero-order valence-electron chi connectivity index (χ0n) is 33.0. The summed E-state index contributed by atoms with van der Waals surface area (Å²) in [4.78, 5) is 32.9. The first-order chi connectivity index (χ1) is 28.4. The Morgan fingerprint density at radius 3 is 2.58 bits per heavy atom. The van der Waals surface area contributed by atoms with Crippen LogP contribution in [0.2, 0.25) is 0 Å². The van der Waals surface area contributed by atoms with E-state index in [2.05, 4.69) is 41.0 Å². The second kappa shape index (κ2) is 17.4. The molecule has 1 saturated carbocycles. The zero-order valence-corrected chi connectivity index (χ0v) is 33.8. The molecule has 306 valence electrons. The number of carbonyl (C=O) groups is 2. The quantitative estimate of drug-likeness (QED) is 0.108. The number of carbonyl (C=O) groups excluding carboxylic acids is 2. The van der Waals surface area contributed by atoms with E-state index >= 15 is 4.39 Å². The Bertz CT molecular complexity index is 2710. The molecule has 1 fully saturated rings. The fraction of sp³-hybridized carbons (Fsp3) is 0.293. The van der Waals surface area contributed by atoms with Crippen LogP contribution in [-0.4, -0.2) is 80.0 Å². The smallest absolute Gasteiger partial charge is 0.247 e. The molecule has 0 saturated heterocycles. The number of rotatable bonds is 14. The molecule has 1 aliphatic rings. The Morgan fingerprint density at radius 1 is 1.08 bits per heavy atom. The lowest BCUT2D eigenvalue weighted by Crippen LogP contribution is -2.28. The fourth-order valence-electron chi connectivity index (χ4n) is 6.67. The summed E-state index contributed by atoms with van der Waals surface area (Å²) in [6.07, 6.45) is 10.0. The zero-order chi connectivity index (χ0) is 41.7. The number of hydrogen-bond acceptors (Lipinski definition) is 11. The number of amides is 2. The lowest BCUT2D eigenvalue weighted by Gasteiger charge is -2.25. The summed E-state index contributed by atoms with van der Waals surface area (Å²) in [7, 11) is -0.498. The number of H-pyrrole nitrogens is 1. The lowest BCUT2D eigenvalue weighted by molar-refractivity contribution is -0.120. The number of fused-ring (bicyclic) bond motifs is 2. The van der Waals surface area contributed by atoms with E-state index in [0.29, 0.717) is 47.3 Å². The number of aryl methyl sites for hydroxylation is 1. The third-order valence-electron chi connectivity index (χ3n) is 9.92. The number of benzene rings is 3. The Balaban J connectivity index is 0.000000233. The largest absolute Gasteiger partial charge is 0.485 e. The first kappa shape index (κ1) is 40.5. The second-order valence-electron chi connectivity index (χ2n) is 14.4. The van der Waals surface area contributed by atoms with Crippen molar-refractivity contribution in [1.82, 2.24) is 44.9 Å². The van der Waals surface area contributed by atoms with Crippen molar-refractivity contribution < 1.29 is 27.1 Å². The fourth-order valence-corrected chi connectivity index (χ4v) is 8.01. The highest BCUT2D eigenvalue weighted by atomic mass is 32.2. The molecule has 7 aromatic rings. The number of nitrogens with one attached hydrogen (secondary N) is 3. The summed E-state index contributed by atoms with van der Waals surface area (Å²) in [5.41, 5.74) is 3.59. The Morgan fingerprint density at radius 2 is 1.88 bits per heavy atom. The van der Waals surface area contributed by atoms with E-state index in [-0.39, 0.29) is 39.9 Å². The van der Waals surface area contributed by atoms with E-state index < -0.39 is 15.7 Å². The molecule has 1 aliphatic carbocycles. The van der Waals surface area contributed by atoms with E-state index in [1.165, 1.54) is 47.1 Å². The molecule has 3 N–H and O–H groups in total. The van der Waals surface area contributed by atoms with E-state index in [9.17, 15) is 18.0 Å². The SMILES string of the molecule is CC(C)Oc1c(-c2cn[nH]c2)ncn2nc(Nc3ccc(S(=O)(=O)c4cccc(CC5CCC5)c4)cc3F)nc12.CNC(=O)CCN(C=O)c1nn(C)c2ccccc12. The van der Waals surface area contributed by atoms with Gasteiger partial charge in [-0.25, -0.2) is 17.8 Å². The van der Waals surface area contributed by atoms with Crippen LogP contribution in [0, 0.1) is 11.7 Å². The molecule has 0 atom stereocenters. The van der Waals surface area contributed by atoms with Crippen LogP contribution in [0.4, 0.5) is 21.8 Å². The molecular weight excluding hydrogens is 778 g/mol. The van der Waals surface area contributed by atoms with Crippen molar-refractivity contribution in [2.45, 2.75) is 61.8 Å². The molecule has 0 unspecified atom stereocenters. The van der Waals surface area contributed by atoms with Gasteiger partial charge in [-0.3, -0.25) is 24.3 Å². The predicted octanol–water partition coefficient (Wildman–Crippen LogP) is 6.03. The maximum Gasteiger partial charge on any atom is 0.247 e. The highest BCUT2D eigenvalue weighted by molar-refractivity contribution is 7.91. The summed E-state index contributed by atoms with van der Waals surface area (Å²) in [6, 6.07) is 18.4. The first-order valence-electron chi connectivity index (χ1n) is 19.1. The van der Waals surface area contributed by atoms with Crippen LogP contribution in [0.3, 0.4) is 0 Å². The third kappa shape index (κ3) is 8.91. The normalized spacial score (nSPS) is 12.8. The van der Waals surface area contributed by atoms with E-state index in [1.807, 2.05) is 51.2 Å². The highest BCUT2D eigenvalue weighted by Crippen LogP contribution is 2.34. The van der Waals surface area contributed by atoms with Gasteiger partial charge in [0.05, 0.1) is 33.3 Å². The van der Waals surface area contributed by atoms with Crippen molar-refractivity contribution in [2.24, 2.45) is 13.0 Å². The molecule has 0 bridgehead atoms. The van der Waals surface area contributed by atoms with Crippen molar-refractivity contribution in [3.05, 3.63) is 96.8 Å². The molecule has 4 aromatic heterocycles. The van der Waals surface area contributed by atoms with Crippen LogP contribution >= 0.6 is 0 Å². The minimum atomic E-state index is -3.90. The van der Waals surface area contributed by atoms with Crippen LogP contribution in [0.1, 0.15) is 45.1 Å². The summed E-state index contributed by atoms with van der Waals surface area (Å²) in [6.45, 7) is 4.08. The maximum atomic E-state index is 15.2. The Hall–Kier alpha value is -6.69. The molecule has 3 aromatic carbocycles. The topological polar surface area (TPSA) is 194 Å². The molecule has 0 spiro atoms. The third-order valence-corrected chi connectivity index (χ3v) is 11.7. The van der Waals surface area contributed by atoms with Gasteiger partial charge in [0, 0.05) is 44.2 Å². The molecule has 0 aliphatic heterocycles. The summed E-state index contributed by atoms with van der Waals surface area (Å²) in [5.74, 6) is 0.833. The van der Waals surface area contributed by atoms with Crippen molar-refractivity contribution in [1.29, 1.82) is 0 Å². The average Bonchev–Trinajstić information content (AvgIpc) is 3.98. The molecule has 59 heavy (non-hydrogen) atoms. The molecule has 18 heteroatoms. The van der Waals surface area contributed by atoms with Crippen molar-refractivity contribution in [2.75, 3.05) is 23.8 Å². The van der Waals surface area contributed by atoms with Gasteiger partial charge < -0.3 is 15.4 Å². The van der Waals surface area contributed by atoms with Gasteiger partial charge in [0.15, 0.2) is 11.6 Å². The minimum absolute atomic E-state index is 0.0305. The van der Waals surface area contributed by atoms with Crippen LogP contribution in [-0.2, 0) is 32.9 Å². The molecule has 16 nitrogen and oxygen atoms in total. The average molecular weight is 822 g/mol. The second-order valence-corrected chi connectivity index (χ2v) is 16.3. The van der Waals surface area contributed by atoms with Gasteiger partial charge in [-0.1, -0.05) is 43.5 Å². The first-order valence-corrected chi connectivity index (χ1v) is 20.6. The number of hydrogen-bond donors (Lipinski definition) is 3. The van der Waals surface area contributed by atoms with Crippen molar-refractivity contribution >= 4 is 56.2 Å². The number of nitrogens with zero attached hydrogens (tertiary/aromatic N) is 8. The van der Waals surface area contributed by atoms with E-state index in [0.717, 1.165) is 29.0 Å². The number of sulfone groups is 1. The number of aromatic amines is 1. The van der Waals surface area contributed by atoms with Crippen molar-refractivity contribution in [3.8, 4) is 17.0 Å². The van der Waals surface area contributed by atoms with Crippen molar-refractivity contribution in [3.63, 3.8) is 0 Å². The number of para-hydroxylation sites is 1. The summed E-state index contributed by atoms with van der Waals surface area (Å²) in [5, 5.41) is 21.7. The monoisotopic (exact) mass is 821 g/mol. The molecule has 4 heterocycles. The molecular formula is C41H44FN11O5S. The maximum absolute atomic E-state index is 15.2. The predicted molar refractivity (Wildman–Crippen MR) is 220 cm³/mol. The van der Waals surface area contributed by atoms with Gasteiger partial charge in [-0.15, -0.1) is 5.10 Å². The minimum Gasteiger partial charge on any atom is -0.485 e. The number of aromatic nitrogens is 8. The number of ether oxygens (including phenoxy) is 1.